The Labute approximate surface area is 153 Å². The van der Waals surface area contributed by atoms with E-state index in [0.717, 1.165) is 0 Å². The van der Waals surface area contributed by atoms with Crippen LogP contribution in [0.15, 0.2) is 23.1 Å². The largest absolute Gasteiger partial charge is 0.493 e. The van der Waals surface area contributed by atoms with Gasteiger partial charge in [-0.2, -0.15) is 4.72 Å². The van der Waals surface area contributed by atoms with E-state index in [1.54, 1.807) is 20.8 Å². The van der Waals surface area contributed by atoms with Crippen LogP contribution in [0.25, 0.3) is 0 Å². The van der Waals surface area contributed by atoms with Crippen LogP contribution >= 0.6 is 0 Å². The maximum atomic E-state index is 12.2. The number of rotatable bonds is 8. The van der Waals surface area contributed by atoms with Gasteiger partial charge >= 0.3 is 5.97 Å². The number of hydrogen-bond acceptors (Lipinski definition) is 7. The number of hydrogen-bond donors (Lipinski definition) is 2. The van der Waals surface area contributed by atoms with Gasteiger partial charge in [-0.05, 0) is 32.9 Å². The first-order chi connectivity index (χ1) is 12.0. The number of amides is 1. The van der Waals surface area contributed by atoms with Crippen molar-refractivity contribution in [3.8, 4) is 11.5 Å². The van der Waals surface area contributed by atoms with Gasteiger partial charge in [0.1, 0.15) is 6.54 Å². The van der Waals surface area contributed by atoms with Gasteiger partial charge in [-0.1, -0.05) is 0 Å². The van der Waals surface area contributed by atoms with Crippen molar-refractivity contribution >= 4 is 21.9 Å². The fourth-order valence-corrected chi connectivity index (χ4v) is 2.86. The maximum absolute atomic E-state index is 12.2. The van der Waals surface area contributed by atoms with E-state index >= 15 is 0 Å². The van der Waals surface area contributed by atoms with Crippen LogP contribution in [0.1, 0.15) is 20.8 Å². The van der Waals surface area contributed by atoms with Crippen LogP contribution in [0.5, 0.6) is 11.5 Å². The van der Waals surface area contributed by atoms with E-state index in [1.165, 1.54) is 32.4 Å². The lowest BCUT2D eigenvalue weighted by atomic mass is 10.1. The number of carbonyl (C=O) groups is 2. The monoisotopic (exact) mass is 388 g/mol. The summed E-state index contributed by atoms with van der Waals surface area (Å²) in [6.45, 7) is 4.24. The molecule has 0 aliphatic carbocycles. The quantitative estimate of drug-likeness (QED) is 0.620. The third-order valence-electron chi connectivity index (χ3n) is 2.95. The summed E-state index contributed by atoms with van der Waals surface area (Å²) in [6, 6.07) is 4.01. The molecule has 0 aromatic heterocycles. The van der Waals surface area contributed by atoms with Gasteiger partial charge in [-0.25, -0.2) is 8.42 Å². The fraction of sp³-hybridized carbons (Fsp3) is 0.500. The second-order valence-electron chi connectivity index (χ2n) is 6.30. The number of esters is 1. The minimum Gasteiger partial charge on any atom is -0.493 e. The van der Waals surface area contributed by atoms with E-state index in [2.05, 4.69) is 10.0 Å². The summed E-state index contributed by atoms with van der Waals surface area (Å²) < 4.78 is 41.4. The molecule has 1 rings (SSSR count). The number of ether oxygens (including phenoxy) is 3. The molecule has 0 saturated heterocycles. The Balaban J connectivity index is 2.63. The molecule has 26 heavy (non-hydrogen) atoms. The molecule has 0 spiro atoms. The van der Waals surface area contributed by atoms with Gasteiger partial charge in [0.25, 0.3) is 5.91 Å². The van der Waals surface area contributed by atoms with Gasteiger partial charge in [0.15, 0.2) is 18.1 Å². The number of nitrogens with one attached hydrogen (secondary N) is 2. The molecule has 0 atom stereocenters. The fourth-order valence-electron chi connectivity index (χ4n) is 1.87. The van der Waals surface area contributed by atoms with E-state index in [9.17, 15) is 18.0 Å². The summed E-state index contributed by atoms with van der Waals surface area (Å²) in [5, 5.41) is 2.62. The van der Waals surface area contributed by atoms with Crippen molar-refractivity contribution in [3.63, 3.8) is 0 Å². The number of carbonyl (C=O) groups excluding carboxylic acids is 2. The number of sulfonamides is 1. The molecule has 1 amide bonds. The summed E-state index contributed by atoms with van der Waals surface area (Å²) in [7, 11) is -1.16. The molecule has 9 nitrogen and oxygen atoms in total. The van der Waals surface area contributed by atoms with Crippen molar-refractivity contribution in [3.05, 3.63) is 18.2 Å². The summed E-state index contributed by atoms with van der Waals surface area (Å²) in [4.78, 5) is 23.1. The SMILES string of the molecule is COc1ccc(S(=O)(=O)NCC(=O)OCC(=O)NC(C)(C)C)cc1OC. The first kappa shape index (κ1) is 21.7. The zero-order valence-electron chi connectivity index (χ0n) is 15.4. The Morgan fingerprint density at radius 1 is 1.08 bits per heavy atom. The minimum absolute atomic E-state index is 0.103. The minimum atomic E-state index is -3.97. The predicted molar refractivity (Wildman–Crippen MR) is 93.6 cm³/mol. The van der Waals surface area contributed by atoms with Gasteiger partial charge in [0.2, 0.25) is 10.0 Å². The molecule has 0 saturated carbocycles. The van der Waals surface area contributed by atoms with E-state index in [-0.39, 0.29) is 10.6 Å². The third-order valence-corrected chi connectivity index (χ3v) is 4.35. The summed E-state index contributed by atoms with van der Waals surface area (Å²) in [5.41, 5.74) is -0.460. The Kier molecular flexibility index (Phi) is 7.40. The lowest BCUT2D eigenvalue weighted by molar-refractivity contribution is -0.147. The first-order valence-corrected chi connectivity index (χ1v) is 9.15. The lowest BCUT2D eigenvalue weighted by Crippen LogP contribution is -2.43. The van der Waals surface area contributed by atoms with Gasteiger partial charge in [0.05, 0.1) is 19.1 Å². The van der Waals surface area contributed by atoms with Crippen molar-refractivity contribution in [2.75, 3.05) is 27.4 Å². The Morgan fingerprint density at radius 2 is 1.69 bits per heavy atom. The second kappa shape index (κ2) is 8.86. The van der Waals surface area contributed by atoms with E-state index in [1.807, 2.05) is 0 Å². The van der Waals surface area contributed by atoms with Crippen molar-refractivity contribution in [2.24, 2.45) is 0 Å². The van der Waals surface area contributed by atoms with Gasteiger partial charge < -0.3 is 19.5 Å². The van der Waals surface area contributed by atoms with E-state index in [0.29, 0.717) is 5.75 Å². The van der Waals surface area contributed by atoms with Crippen molar-refractivity contribution in [1.82, 2.24) is 10.0 Å². The average molecular weight is 388 g/mol. The van der Waals surface area contributed by atoms with Crippen LogP contribution in [-0.2, 0) is 24.3 Å². The molecule has 0 radical (unpaired) electrons. The van der Waals surface area contributed by atoms with Crippen LogP contribution in [0, 0.1) is 0 Å². The molecule has 10 heteroatoms. The molecular formula is C16H24N2O7S. The molecule has 0 bridgehead atoms. The van der Waals surface area contributed by atoms with Gasteiger partial charge in [-0.15, -0.1) is 0 Å². The molecule has 146 valence electrons. The van der Waals surface area contributed by atoms with E-state index in [4.69, 9.17) is 14.2 Å². The first-order valence-electron chi connectivity index (χ1n) is 7.67. The lowest BCUT2D eigenvalue weighted by Gasteiger charge is -2.20. The van der Waals surface area contributed by atoms with Gasteiger partial charge in [-0.3, -0.25) is 9.59 Å². The Morgan fingerprint density at radius 3 is 2.23 bits per heavy atom. The van der Waals surface area contributed by atoms with Crippen LogP contribution in [0.3, 0.4) is 0 Å². The third kappa shape index (κ3) is 6.89. The molecular weight excluding hydrogens is 364 g/mol. The van der Waals surface area contributed by atoms with E-state index < -0.39 is 40.6 Å². The molecule has 2 N–H and O–H groups in total. The van der Waals surface area contributed by atoms with Crippen LogP contribution in [-0.4, -0.2) is 53.2 Å². The van der Waals surface area contributed by atoms with Crippen molar-refractivity contribution < 1.29 is 32.2 Å². The zero-order chi connectivity index (χ0) is 20.0. The Hall–Kier alpha value is -2.33. The predicted octanol–water partition coefficient (Wildman–Crippen LogP) is 0.440. The summed E-state index contributed by atoms with van der Waals surface area (Å²) >= 11 is 0. The molecule has 0 fully saturated rings. The number of methoxy groups -OCH3 is 2. The van der Waals surface area contributed by atoms with Crippen molar-refractivity contribution in [1.29, 1.82) is 0 Å². The maximum Gasteiger partial charge on any atom is 0.321 e. The normalized spacial score (nSPS) is 11.6. The van der Waals surface area contributed by atoms with Gasteiger partial charge in [0, 0.05) is 11.6 Å². The topological polar surface area (TPSA) is 120 Å². The molecule has 0 aliphatic rings. The Bertz CT molecular complexity index is 754. The highest BCUT2D eigenvalue weighted by Gasteiger charge is 2.20. The van der Waals surface area contributed by atoms with Crippen LogP contribution in [0.4, 0.5) is 0 Å². The smallest absolute Gasteiger partial charge is 0.321 e. The molecule has 0 heterocycles. The van der Waals surface area contributed by atoms with Crippen molar-refractivity contribution in [2.45, 2.75) is 31.2 Å². The summed E-state index contributed by atoms with van der Waals surface area (Å²) in [6.07, 6.45) is 0. The standard InChI is InChI=1S/C16H24N2O7S/c1-16(2,3)18-14(19)10-25-15(20)9-17-26(21,22)11-6-7-12(23-4)13(8-11)24-5/h6-8,17H,9-10H2,1-5H3,(H,18,19). The average Bonchev–Trinajstić information content (AvgIpc) is 2.56. The zero-order valence-corrected chi connectivity index (χ0v) is 16.2. The highest BCUT2D eigenvalue weighted by atomic mass is 32.2. The second-order valence-corrected chi connectivity index (χ2v) is 8.07. The highest BCUT2D eigenvalue weighted by Crippen LogP contribution is 2.29. The van der Waals surface area contributed by atoms with Crippen LogP contribution in [0.2, 0.25) is 0 Å². The van der Waals surface area contributed by atoms with Crippen LogP contribution < -0.4 is 19.5 Å². The highest BCUT2D eigenvalue weighted by molar-refractivity contribution is 7.89. The molecule has 1 aromatic rings. The molecule has 0 aliphatic heterocycles. The molecule has 1 aromatic carbocycles. The number of benzene rings is 1. The summed E-state index contributed by atoms with van der Waals surface area (Å²) in [5.74, 6) is -0.751. The molecule has 0 unspecified atom stereocenters.